The highest BCUT2D eigenvalue weighted by Gasteiger charge is 2.16. The maximum absolute atomic E-state index is 12.9. The highest BCUT2D eigenvalue weighted by Crippen LogP contribution is 2.30. The molecular formula is C21H14O2. The van der Waals surface area contributed by atoms with Crippen LogP contribution in [0.4, 0.5) is 0 Å². The number of ketones is 1. The van der Waals surface area contributed by atoms with E-state index in [1.807, 2.05) is 78.9 Å². The Labute approximate surface area is 134 Å². The Kier molecular flexibility index (Phi) is 3.28. The zero-order valence-corrected chi connectivity index (χ0v) is 12.4. The van der Waals surface area contributed by atoms with Gasteiger partial charge in [-0.1, -0.05) is 60.7 Å². The van der Waals surface area contributed by atoms with E-state index in [1.165, 1.54) is 0 Å². The fourth-order valence-corrected chi connectivity index (χ4v) is 2.80. The van der Waals surface area contributed by atoms with Crippen LogP contribution >= 0.6 is 0 Å². The number of hydrogen-bond acceptors (Lipinski definition) is 2. The Morgan fingerprint density at radius 2 is 1.43 bits per heavy atom. The van der Waals surface area contributed by atoms with Gasteiger partial charge in [0.05, 0.1) is 6.26 Å². The first kappa shape index (κ1) is 13.5. The van der Waals surface area contributed by atoms with Crippen LogP contribution in [0.1, 0.15) is 15.9 Å². The summed E-state index contributed by atoms with van der Waals surface area (Å²) in [5, 5.41) is 0.846. The number of benzene rings is 3. The molecule has 0 aliphatic rings. The lowest BCUT2D eigenvalue weighted by molar-refractivity contribution is 0.104. The zero-order valence-electron chi connectivity index (χ0n) is 12.4. The molecule has 0 N–H and O–H groups in total. The molecule has 110 valence electrons. The zero-order chi connectivity index (χ0) is 15.6. The van der Waals surface area contributed by atoms with Gasteiger partial charge >= 0.3 is 0 Å². The minimum Gasteiger partial charge on any atom is -0.464 e. The maximum Gasteiger partial charge on any atom is 0.193 e. The quantitative estimate of drug-likeness (QED) is 0.478. The molecule has 0 aliphatic carbocycles. The van der Waals surface area contributed by atoms with Gasteiger partial charge < -0.3 is 4.42 Å². The van der Waals surface area contributed by atoms with Gasteiger partial charge in [-0.25, -0.2) is 0 Å². The predicted octanol–water partition coefficient (Wildman–Crippen LogP) is 5.33. The first-order valence-electron chi connectivity index (χ1n) is 7.49. The summed E-state index contributed by atoms with van der Waals surface area (Å²) in [6.07, 6.45) is 1.63. The van der Waals surface area contributed by atoms with Gasteiger partial charge in [0, 0.05) is 16.5 Å². The Morgan fingerprint density at radius 3 is 2.17 bits per heavy atom. The van der Waals surface area contributed by atoms with Crippen LogP contribution in [0.3, 0.4) is 0 Å². The minimum absolute atomic E-state index is 0.00906. The molecule has 0 saturated carbocycles. The molecule has 0 unspecified atom stereocenters. The fraction of sp³-hybridized carbons (Fsp3) is 0. The van der Waals surface area contributed by atoms with Crippen LogP contribution in [-0.2, 0) is 0 Å². The summed E-state index contributed by atoms with van der Waals surface area (Å²) in [4.78, 5) is 12.9. The molecule has 4 aromatic rings. The average molecular weight is 298 g/mol. The molecule has 1 aromatic heterocycles. The van der Waals surface area contributed by atoms with E-state index in [9.17, 15) is 4.79 Å². The summed E-state index contributed by atoms with van der Waals surface area (Å²) in [5.41, 5.74) is 4.12. The summed E-state index contributed by atoms with van der Waals surface area (Å²) < 4.78 is 5.55. The Balaban J connectivity index is 1.92. The van der Waals surface area contributed by atoms with Crippen LogP contribution in [0.25, 0.3) is 22.1 Å². The topological polar surface area (TPSA) is 30.2 Å². The highest BCUT2D eigenvalue weighted by molar-refractivity contribution is 6.16. The lowest BCUT2D eigenvalue weighted by atomic mass is 9.95. The number of rotatable bonds is 3. The van der Waals surface area contributed by atoms with Crippen molar-refractivity contribution < 1.29 is 9.21 Å². The Bertz CT molecular complexity index is 967. The molecule has 4 rings (SSSR count). The number of carbonyl (C=O) groups excluding carboxylic acids is 1. The number of furan rings is 1. The molecular weight excluding hydrogens is 284 g/mol. The standard InChI is InChI=1S/C21H14O2/c22-21(16-9-5-2-6-10-16)19-13-17(15-7-3-1-4-8-15)14-20-18(19)11-12-23-20/h1-14H. The smallest absolute Gasteiger partial charge is 0.193 e. The molecule has 0 bridgehead atoms. The van der Waals surface area contributed by atoms with Crippen molar-refractivity contribution >= 4 is 16.8 Å². The van der Waals surface area contributed by atoms with Crippen molar-refractivity contribution in [1.29, 1.82) is 0 Å². The largest absolute Gasteiger partial charge is 0.464 e. The van der Waals surface area contributed by atoms with Crippen LogP contribution in [0.2, 0.25) is 0 Å². The van der Waals surface area contributed by atoms with Crippen LogP contribution < -0.4 is 0 Å². The molecule has 0 saturated heterocycles. The Morgan fingerprint density at radius 1 is 0.739 bits per heavy atom. The summed E-state index contributed by atoms with van der Waals surface area (Å²) in [6, 6.07) is 25.1. The normalized spacial score (nSPS) is 10.8. The molecule has 0 atom stereocenters. The van der Waals surface area contributed by atoms with Crippen molar-refractivity contribution in [2.75, 3.05) is 0 Å². The first-order chi connectivity index (χ1) is 11.3. The van der Waals surface area contributed by atoms with Crippen molar-refractivity contribution in [3.05, 3.63) is 96.3 Å². The lowest BCUT2D eigenvalue weighted by Crippen LogP contribution is -2.01. The van der Waals surface area contributed by atoms with Crippen molar-refractivity contribution in [2.24, 2.45) is 0 Å². The average Bonchev–Trinajstić information content (AvgIpc) is 3.10. The molecule has 0 fully saturated rings. The number of carbonyl (C=O) groups is 1. The van der Waals surface area contributed by atoms with E-state index in [1.54, 1.807) is 6.26 Å². The SMILES string of the molecule is O=C(c1ccccc1)c1cc(-c2ccccc2)cc2occc12. The highest BCUT2D eigenvalue weighted by atomic mass is 16.3. The van der Waals surface area contributed by atoms with Crippen molar-refractivity contribution in [2.45, 2.75) is 0 Å². The molecule has 0 aliphatic heterocycles. The maximum atomic E-state index is 12.9. The van der Waals surface area contributed by atoms with Crippen LogP contribution in [-0.4, -0.2) is 5.78 Å². The van der Waals surface area contributed by atoms with E-state index in [-0.39, 0.29) is 5.78 Å². The van der Waals surface area contributed by atoms with Gasteiger partial charge in [0.1, 0.15) is 5.58 Å². The van der Waals surface area contributed by atoms with Crippen molar-refractivity contribution in [3.63, 3.8) is 0 Å². The van der Waals surface area contributed by atoms with Crippen LogP contribution in [0.5, 0.6) is 0 Å². The lowest BCUT2D eigenvalue weighted by Gasteiger charge is -2.07. The van der Waals surface area contributed by atoms with Crippen molar-refractivity contribution in [3.8, 4) is 11.1 Å². The number of fused-ring (bicyclic) bond motifs is 1. The van der Waals surface area contributed by atoms with E-state index in [4.69, 9.17) is 4.42 Å². The summed E-state index contributed by atoms with van der Waals surface area (Å²) in [7, 11) is 0. The van der Waals surface area contributed by atoms with Crippen LogP contribution in [0.15, 0.2) is 89.5 Å². The molecule has 3 aromatic carbocycles. The second kappa shape index (κ2) is 5.58. The van der Waals surface area contributed by atoms with Gasteiger partial charge in [-0.05, 0) is 29.3 Å². The summed E-state index contributed by atoms with van der Waals surface area (Å²) >= 11 is 0. The molecule has 0 amide bonds. The Hall–Kier alpha value is -3.13. The minimum atomic E-state index is 0.00906. The molecule has 1 heterocycles. The third-order valence-electron chi connectivity index (χ3n) is 3.96. The van der Waals surface area contributed by atoms with Gasteiger partial charge in [0.2, 0.25) is 0 Å². The predicted molar refractivity (Wildman–Crippen MR) is 91.5 cm³/mol. The third kappa shape index (κ3) is 2.44. The van der Waals surface area contributed by atoms with E-state index in [2.05, 4.69) is 0 Å². The molecule has 0 spiro atoms. The fourth-order valence-electron chi connectivity index (χ4n) is 2.80. The summed E-state index contributed by atoms with van der Waals surface area (Å²) in [6.45, 7) is 0. The van der Waals surface area contributed by atoms with E-state index in [0.717, 1.165) is 22.1 Å². The van der Waals surface area contributed by atoms with E-state index in [0.29, 0.717) is 11.1 Å². The van der Waals surface area contributed by atoms with Gasteiger partial charge in [-0.3, -0.25) is 4.79 Å². The molecule has 23 heavy (non-hydrogen) atoms. The van der Waals surface area contributed by atoms with E-state index < -0.39 is 0 Å². The van der Waals surface area contributed by atoms with Gasteiger partial charge in [-0.2, -0.15) is 0 Å². The number of hydrogen-bond donors (Lipinski definition) is 0. The van der Waals surface area contributed by atoms with Gasteiger partial charge in [0.25, 0.3) is 0 Å². The second-order valence-corrected chi connectivity index (χ2v) is 5.42. The monoisotopic (exact) mass is 298 g/mol. The first-order valence-corrected chi connectivity index (χ1v) is 7.49. The molecule has 2 heteroatoms. The third-order valence-corrected chi connectivity index (χ3v) is 3.96. The van der Waals surface area contributed by atoms with E-state index >= 15 is 0 Å². The van der Waals surface area contributed by atoms with Crippen molar-refractivity contribution in [1.82, 2.24) is 0 Å². The van der Waals surface area contributed by atoms with Crippen LogP contribution in [0, 0.1) is 0 Å². The molecule has 0 radical (unpaired) electrons. The van der Waals surface area contributed by atoms with Gasteiger partial charge in [-0.15, -0.1) is 0 Å². The molecule has 2 nitrogen and oxygen atoms in total. The second-order valence-electron chi connectivity index (χ2n) is 5.42. The summed E-state index contributed by atoms with van der Waals surface area (Å²) in [5.74, 6) is 0.00906. The van der Waals surface area contributed by atoms with Gasteiger partial charge in [0.15, 0.2) is 5.78 Å².